The van der Waals surface area contributed by atoms with Crippen LogP contribution in [-0.2, 0) is 9.53 Å². The van der Waals surface area contributed by atoms with Crippen LogP contribution in [0.25, 0.3) is 0 Å². The van der Waals surface area contributed by atoms with Gasteiger partial charge in [-0.25, -0.2) is 9.78 Å². The van der Waals surface area contributed by atoms with Crippen molar-refractivity contribution in [1.82, 2.24) is 4.98 Å². The summed E-state index contributed by atoms with van der Waals surface area (Å²) in [5, 5.41) is 18.2. The van der Waals surface area contributed by atoms with Crippen molar-refractivity contribution >= 4 is 39.7 Å². The lowest BCUT2D eigenvalue weighted by Gasteiger charge is -2.08. The number of benzene rings is 1. The molecular formula is C16H16N4O5S. The standard InChI is InChI=1S/C16H16N4O5S/c1-3-6-17-16-19-13(9-26-16)15(22)25-8-14(21)18-12-5-4-11(20(23)24)7-10(12)2/h3-5,7,9H,1,6,8H2,2H3,(H,17,19)(H,18,21). The van der Waals surface area contributed by atoms with Crippen molar-refractivity contribution in [1.29, 1.82) is 0 Å². The second kappa shape index (κ2) is 8.72. The molecule has 0 aliphatic carbocycles. The van der Waals surface area contributed by atoms with Crippen molar-refractivity contribution in [3.63, 3.8) is 0 Å². The zero-order valence-corrected chi connectivity index (χ0v) is 14.7. The van der Waals surface area contributed by atoms with E-state index in [0.29, 0.717) is 22.9 Å². The molecule has 2 rings (SSSR count). The second-order valence-corrected chi connectivity index (χ2v) is 5.95. The molecule has 0 atom stereocenters. The number of ether oxygens (including phenoxy) is 1. The predicted molar refractivity (Wildman–Crippen MR) is 97.5 cm³/mol. The van der Waals surface area contributed by atoms with Gasteiger partial charge in [0.15, 0.2) is 17.4 Å². The molecule has 0 fully saturated rings. The van der Waals surface area contributed by atoms with Crippen LogP contribution in [0, 0.1) is 17.0 Å². The third-order valence-electron chi connectivity index (χ3n) is 3.14. The van der Waals surface area contributed by atoms with Crippen LogP contribution < -0.4 is 10.6 Å². The minimum absolute atomic E-state index is 0.0728. The van der Waals surface area contributed by atoms with Crippen LogP contribution in [0.15, 0.2) is 36.2 Å². The first kappa shape index (κ1) is 19.1. The van der Waals surface area contributed by atoms with Gasteiger partial charge in [-0.05, 0) is 18.6 Å². The first-order valence-corrected chi connectivity index (χ1v) is 8.31. The van der Waals surface area contributed by atoms with Gasteiger partial charge in [0.25, 0.3) is 11.6 Å². The molecule has 2 aromatic rings. The summed E-state index contributed by atoms with van der Waals surface area (Å²) in [5.41, 5.74) is 0.953. The number of nitro benzene ring substituents is 1. The van der Waals surface area contributed by atoms with E-state index in [1.165, 1.54) is 34.9 Å². The van der Waals surface area contributed by atoms with Gasteiger partial charge >= 0.3 is 5.97 Å². The fraction of sp³-hybridized carbons (Fsp3) is 0.188. The molecule has 26 heavy (non-hydrogen) atoms. The predicted octanol–water partition coefficient (Wildman–Crippen LogP) is 2.75. The van der Waals surface area contributed by atoms with E-state index in [-0.39, 0.29) is 11.4 Å². The van der Waals surface area contributed by atoms with Crippen LogP contribution in [0.3, 0.4) is 0 Å². The van der Waals surface area contributed by atoms with Crippen molar-refractivity contribution in [2.45, 2.75) is 6.92 Å². The van der Waals surface area contributed by atoms with Gasteiger partial charge in [0, 0.05) is 29.7 Å². The Balaban J connectivity index is 1.88. The molecule has 0 aliphatic rings. The number of non-ortho nitro benzene ring substituents is 1. The number of carbonyl (C=O) groups excluding carboxylic acids is 2. The number of amides is 1. The highest BCUT2D eigenvalue weighted by molar-refractivity contribution is 7.13. The molecule has 2 N–H and O–H groups in total. The van der Waals surface area contributed by atoms with Gasteiger partial charge in [0.1, 0.15) is 0 Å². The van der Waals surface area contributed by atoms with Gasteiger partial charge in [0.2, 0.25) is 0 Å². The van der Waals surface area contributed by atoms with Gasteiger partial charge in [-0.1, -0.05) is 6.08 Å². The van der Waals surface area contributed by atoms with Crippen LogP contribution in [0.4, 0.5) is 16.5 Å². The van der Waals surface area contributed by atoms with E-state index in [2.05, 4.69) is 22.2 Å². The Morgan fingerprint density at radius 2 is 2.23 bits per heavy atom. The van der Waals surface area contributed by atoms with E-state index in [4.69, 9.17) is 4.74 Å². The Morgan fingerprint density at radius 3 is 2.88 bits per heavy atom. The molecule has 0 saturated heterocycles. The largest absolute Gasteiger partial charge is 0.451 e. The first-order valence-electron chi connectivity index (χ1n) is 7.43. The summed E-state index contributed by atoms with van der Waals surface area (Å²) in [6, 6.07) is 4.04. The molecule has 0 bridgehead atoms. The number of esters is 1. The van der Waals surface area contributed by atoms with E-state index in [1.54, 1.807) is 13.0 Å². The Hall–Kier alpha value is -3.27. The molecule has 0 radical (unpaired) electrons. The summed E-state index contributed by atoms with van der Waals surface area (Å²) in [7, 11) is 0. The number of aryl methyl sites for hydroxylation is 1. The third-order valence-corrected chi connectivity index (χ3v) is 3.94. The fourth-order valence-corrected chi connectivity index (χ4v) is 2.59. The number of hydrogen-bond donors (Lipinski definition) is 2. The lowest BCUT2D eigenvalue weighted by Crippen LogP contribution is -2.21. The average molecular weight is 376 g/mol. The maximum Gasteiger partial charge on any atom is 0.358 e. The van der Waals surface area contributed by atoms with E-state index >= 15 is 0 Å². The van der Waals surface area contributed by atoms with Crippen molar-refractivity contribution < 1.29 is 19.2 Å². The van der Waals surface area contributed by atoms with Crippen molar-refractivity contribution in [2.75, 3.05) is 23.8 Å². The highest BCUT2D eigenvalue weighted by Gasteiger charge is 2.15. The average Bonchev–Trinajstić information content (AvgIpc) is 3.08. The molecule has 1 aromatic heterocycles. The molecule has 0 unspecified atom stereocenters. The highest BCUT2D eigenvalue weighted by Crippen LogP contribution is 2.21. The molecule has 136 valence electrons. The normalized spacial score (nSPS) is 10.0. The van der Waals surface area contributed by atoms with Gasteiger partial charge in [-0.15, -0.1) is 17.9 Å². The van der Waals surface area contributed by atoms with Crippen LogP contribution in [-0.4, -0.2) is 34.9 Å². The van der Waals surface area contributed by atoms with Gasteiger partial charge in [-0.2, -0.15) is 0 Å². The number of aromatic nitrogens is 1. The molecular weight excluding hydrogens is 360 g/mol. The first-order chi connectivity index (χ1) is 12.4. The number of nitrogens with zero attached hydrogens (tertiary/aromatic N) is 2. The van der Waals surface area contributed by atoms with Gasteiger partial charge in [0.05, 0.1) is 4.92 Å². The zero-order valence-electron chi connectivity index (χ0n) is 13.9. The SMILES string of the molecule is C=CCNc1nc(C(=O)OCC(=O)Nc2ccc([N+](=O)[O-])cc2C)cs1. The number of hydrogen-bond acceptors (Lipinski definition) is 8. The molecule has 1 heterocycles. The van der Waals surface area contributed by atoms with E-state index in [0.717, 1.165) is 0 Å². The fourth-order valence-electron chi connectivity index (χ4n) is 1.90. The summed E-state index contributed by atoms with van der Waals surface area (Å²) in [5.74, 6) is -1.28. The molecule has 1 amide bonds. The van der Waals surface area contributed by atoms with E-state index < -0.39 is 23.4 Å². The van der Waals surface area contributed by atoms with Crippen molar-refractivity contribution in [2.24, 2.45) is 0 Å². The van der Waals surface area contributed by atoms with Crippen LogP contribution in [0.1, 0.15) is 16.1 Å². The van der Waals surface area contributed by atoms with E-state index in [9.17, 15) is 19.7 Å². The maximum atomic E-state index is 11.9. The molecule has 10 heteroatoms. The number of rotatable bonds is 8. The minimum Gasteiger partial charge on any atom is -0.451 e. The smallest absolute Gasteiger partial charge is 0.358 e. The summed E-state index contributed by atoms with van der Waals surface area (Å²) in [4.78, 5) is 38.0. The lowest BCUT2D eigenvalue weighted by molar-refractivity contribution is -0.384. The van der Waals surface area contributed by atoms with Gasteiger partial charge in [-0.3, -0.25) is 14.9 Å². The number of nitrogens with one attached hydrogen (secondary N) is 2. The number of carbonyl (C=O) groups is 2. The highest BCUT2D eigenvalue weighted by atomic mass is 32.1. The number of thiazole rings is 1. The van der Waals surface area contributed by atoms with Crippen LogP contribution in [0.5, 0.6) is 0 Å². The Bertz CT molecular complexity index is 849. The molecule has 1 aromatic carbocycles. The maximum absolute atomic E-state index is 11.9. The van der Waals surface area contributed by atoms with Crippen LogP contribution in [0.2, 0.25) is 0 Å². The minimum atomic E-state index is -0.719. The third kappa shape index (κ3) is 5.11. The molecule has 9 nitrogen and oxygen atoms in total. The quantitative estimate of drug-likeness (QED) is 0.314. The van der Waals surface area contributed by atoms with Crippen molar-refractivity contribution in [3.05, 3.63) is 57.6 Å². The number of anilines is 2. The summed E-state index contributed by atoms with van der Waals surface area (Å²) < 4.78 is 4.92. The van der Waals surface area contributed by atoms with E-state index in [1.807, 2.05) is 0 Å². The Kier molecular flexibility index (Phi) is 6.39. The summed E-state index contributed by atoms with van der Waals surface area (Å²) in [6.45, 7) is 5.21. The number of nitro groups is 1. The second-order valence-electron chi connectivity index (χ2n) is 5.09. The zero-order chi connectivity index (χ0) is 19.1. The van der Waals surface area contributed by atoms with Crippen LogP contribution >= 0.6 is 11.3 Å². The molecule has 0 aliphatic heterocycles. The molecule has 0 saturated carbocycles. The Labute approximate surface area is 152 Å². The molecule has 0 spiro atoms. The summed E-state index contributed by atoms with van der Waals surface area (Å²) >= 11 is 1.23. The van der Waals surface area contributed by atoms with Gasteiger partial charge < -0.3 is 15.4 Å². The monoisotopic (exact) mass is 376 g/mol. The van der Waals surface area contributed by atoms with Crippen molar-refractivity contribution in [3.8, 4) is 0 Å². The topological polar surface area (TPSA) is 123 Å². The lowest BCUT2D eigenvalue weighted by atomic mass is 10.2. The summed E-state index contributed by atoms with van der Waals surface area (Å²) in [6.07, 6.45) is 1.66. The Morgan fingerprint density at radius 1 is 1.46 bits per heavy atom.